The van der Waals surface area contributed by atoms with E-state index in [1.807, 2.05) is 0 Å². The highest BCUT2D eigenvalue weighted by atomic mass is 19.4. The van der Waals surface area contributed by atoms with Gasteiger partial charge >= 0.3 is 6.36 Å². The highest BCUT2D eigenvalue weighted by molar-refractivity contribution is 5.30. The maximum absolute atomic E-state index is 12.1. The van der Waals surface area contributed by atoms with Crippen molar-refractivity contribution in [3.63, 3.8) is 0 Å². The summed E-state index contributed by atoms with van der Waals surface area (Å²) in [6, 6.07) is 5.59. The van der Waals surface area contributed by atoms with Crippen molar-refractivity contribution in [2.75, 3.05) is 0 Å². The first-order valence-corrected chi connectivity index (χ1v) is 5.93. The molecule has 0 fully saturated rings. The van der Waals surface area contributed by atoms with Crippen molar-refractivity contribution < 1.29 is 17.9 Å². The topological polar surface area (TPSA) is 35.2 Å². The molecule has 0 aliphatic carbocycles. The van der Waals surface area contributed by atoms with Gasteiger partial charge in [-0.3, -0.25) is 0 Å². The van der Waals surface area contributed by atoms with Crippen molar-refractivity contribution in [2.45, 2.75) is 39.1 Å². The Morgan fingerprint density at radius 1 is 1.33 bits per heavy atom. The quantitative estimate of drug-likeness (QED) is 0.868. The van der Waals surface area contributed by atoms with Crippen molar-refractivity contribution in [1.82, 2.24) is 0 Å². The summed E-state index contributed by atoms with van der Waals surface area (Å²) in [5.41, 5.74) is 6.63. The Balaban J connectivity index is 2.75. The first kappa shape index (κ1) is 14.8. The Labute approximate surface area is 105 Å². The summed E-state index contributed by atoms with van der Waals surface area (Å²) in [7, 11) is 0. The van der Waals surface area contributed by atoms with Crippen LogP contribution >= 0.6 is 0 Å². The molecule has 0 heterocycles. The molecule has 2 nitrogen and oxygen atoms in total. The van der Waals surface area contributed by atoms with Crippen LogP contribution < -0.4 is 10.5 Å². The highest BCUT2D eigenvalue weighted by Gasteiger charge is 2.31. The van der Waals surface area contributed by atoms with Gasteiger partial charge in [0.25, 0.3) is 0 Å². The van der Waals surface area contributed by atoms with E-state index < -0.39 is 6.36 Å². The molecular formula is C13H18F3NO. The third-order valence-electron chi connectivity index (χ3n) is 2.87. The smallest absolute Gasteiger partial charge is 0.406 e. The van der Waals surface area contributed by atoms with Gasteiger partial charge in [0, 0.05) is 6.04 Å². The molecule has 0 radical (unpaired) electrons. The lowest BCUT2D eigenvalue weighted by Gasteiger charge is -2.17. The van der Waals surface area contributed by atoms with Crippen LogP contribution in [0.25, 0.3) is 0 Å². The molecule has 1 aromatic rings. The van der Waals surface area contributed by atoms with Crippen LogP contribution in [0.1, 0.15) is 38.3 Å². The molecule has 0 amide bonds. The molecule has 5 heteroatoms. The second-order valence-electron chi connectivity index (χ2n) is 4.48. The zero-order valence-electron chi connectivity index (χ0n) is 10.5. The van der Waals surface area contributed by atoms with E-state index in [2.05, 4.69) is 18.6 Å². The van der Waals surface area contributed by atoms with E-state index >= 15 is 0 Å². The van der Waals surface area contributed by atoms with E-state index in [9.17, 15) is 13.2 Å². The van der Waals surface area contributed by atoms with Crippen molar-refractivity contribution in [2.24, 2.45) is 11.7 Å². The van der Waals surface area contributed by atoms with Gasteiger partial charge < -0.3 is 10.5 Å². The fraction of sp³-hybridized carbons (Fsp3) is 0.538. The van der Waals surface area contributed by atoms with E-state index in [0.29, 0.717) is 11.5 Å². The Kier molecular flexibility index (Phi) is 5.02. The molecule has 2 N–H and O–H groups in total. The fourth-order valence-electron chi connectivity index (χ4n) is 1.68. The molecular weight excluding hydrogens is 243 g/mol. The summed E-state index contributed by atoms with van der Waals surface area (Å²) in [5.74, 6) is 0.215. The average molecular weight is 261 g/mol. The molecule has 1 aromatic carbocycles. The lowest BCUT2D eigenvalue weighted by atomic mass is 9.95. The molecule has 2 atom stereocenters. The number of hydrogen-bond acceptors (Lipinski definition) is 2. The van der Waals surface area contributed by atoms with Crippen molar-refractivity contribution in [1.29, 1.82) is 0 Å². The van der Waals surface area contributed by atoms with Crippen LogP contribution in [0.2, 0.25) is 0 Å². The minimum absolute atomic E-state index is 0.223. The van der Waals surface area contributed by atoms with Crippen molar-refractivity contribution in [3.05, 3.63) is 29.8 Å². The van der Waals surface area contributed by atoms with Gasteiger partial charge in [-0.05, 0) is 30.0 Å². The first-order valence-electron chi connectivity index (χ1n) is 5.93. The Bertz CT molecular complexity index is 379. The Morgan fingerprint density at radius 2 is 2.00 bits per heavy atom. The average Bonchev–Trinajstić information content (AvgIpc) is 2.26. The summed E-state index contributed by atoms with van der Waals surface area (Å²) in [6.07, 6.45) is -2.93. The van der Waals surface area contributed by atoms with Crippen LogP contribution in [0.4, 0.5) is 13.2 Å². The predicted octanol–water partition coefficient (Wildman–Crippen LogP) is 4.02. The molecule has 0 aliphatic heterocycles. The molecule has 0 spiro atoms. The summed E-state index contributed by atoms with van der Waals surface area (Å²) in [6.45, 7) is 4.12. The standard InChI is InChI=1S/C13H18F3NO/c1-3-9(2)7-12(17)10-5-4-6-11(8-10)18-13(14,15)16/h4-6,8-9,12H,3,7,17H2,1-2H3. The van der Waals surface area contributed by atoms with E-state index in [4.69, 9.17) is 5.73 Å². The first-order chi connectivity index (χ1) is 8.31. The van der Waals surface area contributed by atoms with Crippen LogP contribution in [-0.4, -0.2) is 6.36 Å². The molecule has 2 unspecified atom stereocenters. The monoisotopic (exact) mass is 261 g/mol. The van der Waals surface area contributed by atoms with Crippen LogP contribution in [-0.2, 0) is 0 Å². The van der Waals surface area contributed by atoms with Gasteiger partial charge in [-0.25, -0.2) is 0 Å². The summed E-state index contributed by atoms with van der Waals surface area (Å²) in [4.78, 5) is 0. The van der Waals surface area contributed by atoms with E-state index in [1.165, 1.54) is 18.2 Å². The van der Waals surface area contributed by atoms with Crippen LogP contribution in [0, 0.1) is 5.92 Å². The summed E-state index contributed by atoms with van der Waals surface area (Å²) >= 11 is 0. The molecule has 0 saturated carbocycles. The number of benzene rings is 1. The minimum Gasteiger partial charge on any atom is -0.406 e. The molecule has 18 heavy (non-hydrogen) atoms. The zero-order valence-corrected chi connectivity index (χ0v) is 10.5. The second kappa shape index (κ2) is 6.09. The third-order valence-corrected chi connectivity index (χ3v) is 2.87. The number of hydrogen-bond donors (Lipinski definition) is 1. The number of ether oxygens (including phenoxy) is 1. The Morgan fingerprint density at radius 3 is 2.56 bits per heavy atom. The third kappa shape index (κ3) is 4.96. The number of alkyl halides is 3. The van der Waals surface area contributed by atoms with Crippen LogP contribution in [0.15, 0.2) is 24.3 Å². The number of halogens is 3. The fourth-order valence-corrected chi connectivity index (χ4v) is 1.68. The maximum Gasteiger partial charge on any atom is 0.573 e. The van der Waals surface area contributed by atoms with Gasteiger partial charge in [0.2, 0.25) is 0 Å². The summed E-state index contributed by atoms with van der Waals surface area (Å²) in [5, 5.41) is 0. The van der Waals surface area contributed by atoms with Gasteiger partial charge in [0.1, 0.15) is 5.75 Å². The van der Waals surface area contributed by atoms with Crippen LogP contribution in [0.5, 0.6) is 5.75 Å². The van der Waals surface area contributed by atoms with Crippen LogP contribution in [0.3, 0.4) is 0 Å². The molecule has 0 aromatic heterocycles. The zero-order chi connectivity index (χ0) is 13.8. The number of rotatable bonds is 5. The second-order valence-corrected chi connectivity index (χ2v) is 4.48. The summed E-state index contributed by atoms with van der Waals surface area (Å²) < 4.78 is 40.1. The molecule has 0 aliphatic rings. The SMILES string of the molecule is CCC(C)CC(N)c1cccc(OC(F)(F)F)c1. The molecule has 0 saturated heterocycles. The molecule has 0 bridgehead atoms. The Hall–Kier alpha value is -1.23. The van der Waals surface area contributed by atoms with E-state index in [-0.39, 0.29) is 11.8 Å². The highest BCUT2D eigenvalue weighted by Crippen LogP contribution is 2.27. The maximum atomic E-state index is 12.1. The van der Waals surface area contributed by atoms with Gasteiger partial charge in [-0.15, -0.1) is 13.2 Å². The van der Waals surface area contributed by atoms with Gasteiger partial charge in [0.05, 0.1) is 0 Å². The lowest BCUT2D eigenvalue weighted by Crippen LogP contribution is -2.18. The molecule has 102 valence electrons. The number of nitrogens with two attached hydrogens (primary N) is 1. The van der Waals surface area contributed by atoms with Crippen molar-refractivity contribution >= 4 is 0 Å². The van der Waals surface area contributed by atoms with Crippen molar-refractivity contribution in [3.8, 4) is 5.75 Å². The molecule has 1 rings (SSSR count). The predicted molar refractivity (Wildman–Crippen MR) is 64.1 cm³/mol. The van der Waals surface area contributed by atoms with Gasteiger partial charge in [-0.1, -0.05) is 32.4 Å². The lowest BCUT2D eigenvalue weighted by molar-refractivity contribution is -0.274. The minimum atomic E-state index is -4.67. The normalized spacial score (nSPS) is 15.2. The van der Waals surface area contributed by atoms with E-state index in [0.717, 1.165) is 12.8 Å². The largest absolute Gasteiger partial charge is 0.573 e. The van der Waals surface area contributed by atoms with E-state index in [1.54, 1.807) is 6.07 Å². The van der Waals surface area contributed by atoms with Gasteiger partial charge in [-0.2, -0.15) is 0 Å². The van der Waals surface area contributed by atoms with Gasteiger partial charge in [0.15, 0.2) is 0 Å².